The molecule has 6 nitrogen and oxygen atoms in total. The van der Waals surface area contributed by atoms with E-state index >= 15 is 0 Å². The van der Waals surface area contributed by atoms with Crippen molar-refractivity contribution in [2.75, 3.05) is 59.8 Å². The Morgan fingerprint density at radius 1 is 0.815 bits per heavy atom. The second kappa shape index (κ2) is 8.31. The first-order valence-corrected chi connectivity index (χ1v) is 9.64. The summed E-state index contributed by atoms with van der Waals surface area (Å²) in [5.41, 5.74) is 3.85. The molecule has 2 aromatic rings. The molecule has 142 valence electrons. The normalized spacial score (nSPS) is 17.0. The van der Waals surface area contributed by atoms with E-state index in [1.54, 1.807) is 0 Å². The lowest BCUT2D eigenvalue weighted by Gasteiger charge is -2.30. The summed E-state index contributed by atoms with van der Waals surface area (Å²) in [4.78, 5) is 17.1. The monoisotopic (exact) mass is 366 g/mol. The summed E-state index contributed by atoms with van der Waals surface area (Å²) in [6.07, 6.45) is 2.51. The second-order valence-corrected chi connectivity index (χ2v) is 6.94. The van der Waals surface area contributed by atoms with Crippen LogP contribution in [0.1, 0.15) is 12.8 Å². The quantitative estimate of drug-likeness (QED) is 0.865. The summed E-state index contributed by atoms with van der Waals surface area (Å²) >= 11 is 0. The maximum absolute atomic E-state index is 12.5. The summed E-state index contributed by atoms with van der Waals surface area (Å²) in [5, 5.41) is 5.91. The van der Waals surface area contributed by atoms with Crippen LogP contribution in [0.15, 0.2) is 48.5 Å². The molecule has 2 heterocycles. The van der Waals surface area contributed by atoms with Crippen molar-refractivity contribution in [1.29, 1.82) is 0 Å². The molecule has 27 heavy (non-hydrogen) atoms. The number of hydrogen-bond donors (Lipinski definition) is 2. The molecule has 2 saturated heterocycles. The highest BCUT2D eigenvalue weighted by atomic mass is 16.5. The van der Waals surface area contributed by atoms with Crippen molar-refractivity contribution in [2.24, 2.45) is 0 Å². The second-order valence-electron chi connectivity index (χ2n) is 6.94. The van der Waals surface area contributed by atoms with E-state index in [-0.39, 0.29) is 6.03 Å². The number of para-hydroxylation sites is 2. The van der Waals surface area contributed by atoms with Crippen molar-refractivity contribution < 1.29 is 9.53 Å². The minimum atomic E-state index is -0.232. The Morgan fingerprint density at radius 2 is 1.52 bits per heavy atom. The van der Waals surface area contributed by atoms with Crippen molar-refractivity contribution in [2.45, 2.75) is 12.8 Å². The topological polar surface area (TPSA) is 56.8 Å². The molecule has 0 aromatic heterocycles. The minimum absolute atomic E-state index is 0.232. The highest BCUT2D eigenvalue weighted by Crippen LogP contribution is 2.27. The Balaban J connectivity index is 1.39. The summed E-state index contributed by atoms with van der Waals surface area (Å²) in [6, 6.07) is 15.7. The fraction of sp³-hybridized carbons (Fsp3) is 0.381. The number of carbonyl (C=O) groups is 1. The molecule has 2 N–H and O–H groups in total. The SMILES string of the molecule is O=C(Nc1ccc(N2CCCC2)cc1)Nc1ccccc1N1CCOCC1. The van der Waals surface area contributed by atoms with E-state index in [0.29, 0.717) is 13.2 Å². The van der Waals surface area contributed by atoms with Gasteiger partial charge in [-0.05, 0) is 49.2 Å². The van der Waals surface area contributed by atoms with Crippen LogP contribution in [0.5, 0.6) is 0 Å². The maximum atomic E-state index is 12.5. The van der Waals surface area contributed by atoms with Gasteiger partial charge in [0.05, 0.1) is 24.6 Å². The van der Waals surface area contributed by atoms with Crippen LogP contribution in [0, 0.1) is 0 Å². The Labute approximate surface area is 160 Å². The van der Waals surface area contributed by atoms with Crippen LogP contribution in [0.3, 0.4) is 0 Å². The smallest absolute Gasteiger partial charge is 0.323 e. The van der Waals surface area contributed by atoms with Gasteiger partial charge in [0.2, 0.25) is 0 Å². The van der Waals surface area contributed by atoms with Gasteiger partial charge >= 0.3 is 6.03 Å². The minimum Gasteiger partial charge on any atom is -0.378 e. The zero-order valence-corrected chi connectivity index (χ0v) is 15.5. The molecule has 0 radical (unpaired) electrons. The zero-order chi connectivity index (χ0) is 18.5. The first-order chi connectivity index (χ1) is 13.3. The standard InChI is InChI=1S/C21H26N4O2/c26-21(22-17-7-9-18(10-8-17)24-11-3-4-12-24)23-19-5-1-2-6-20(19)25-13-15-27-16-14-25/h1-2,5-10H,3-4,11-16H2,(H2,22,23,26). The van der Waals surface area contributed by atoms with Gasteiger partial charge in [-0.3, -0.25) is 0 Å². The number of nitrogens with zero attached hydrogens (tertiary/aromatic N) is 2. The van der Waals surface area contributed by atoms with E-state index in [0.717, 1.165) is 43.2 Å². The lowest BCUT2D eigenvalue weighted by atomic mass is 10.2. The van der Waals surface area contributed by atoms with Crippen molar-refractivity contribution in [3.8, 4) is 0 Å². The lowest BCUT2D eigenvalue weighted by Crippen LogP contribution is -2.37. The Morgan fingerprint density at radius 3 is 2.26 bits per heavy atom. The van der Waals surface area contributed by atoms with Crippen LogP contribution in [0.4, 0.5) is 27.5 Å². The summed E-state index contributed by atoms with van der Waals surface area (Å²) in [5.74, 6) is 0. The summed E-state index contributed by atoms with van der Waals surface area (Å²) < 4.78 is 5.42. The molecule has 0 aliphatic carbocycles. The largest absolute Gasteiger partial charge is 0.378 e. The Kier molecular flexibility index (Phi) is 5.44. The number of urea groups is 1. The molecule has 0 spiro atoms. The van der Waals surface area contributed by atoms with Crippen molar-refractivity contribution in [3.05, 3.63) is 48.5 Å². The third-order valence-corrected chi connectivity index (χ3v) is 5.10. The van der Waals surface area contributed by atoms with Crippen molar-refractivity contribution >= 4 is 28.8 Å². The van der Waals surface area contributed by atoms with Gasteiger partial charge in [0, 0.05) is 37.6 Å². The fourth-order valence-corrected chi connectivity index (χ4v) is 3.67. The first kappa shape index (κ1) is 17.7. The third kappa shape index (κ3) is 4.34. The zero-order valence-electron chi connectivity index (χ0n) is 15.5. The van der Waals surface area contributed by atoms with Crippen LogP contribution < -0.4 is 20.4 Å². The van der Waals surface area contributed by atoms with Gasteiger partial charge in [-0.25, -0.2) is 4.79 Å². The number of benzene rings is 2. The van der Waals surface area contributed by atoms with E-state index in [2.05, 4.69) is 32.6 Å². The van der Waals surface area contributed by atoms with Crippen LogP contribution in [-0.2, 0) is 4.74 Å². The number of amides is 2. The molecule has 0 bridgehead atoms. The number of ether oxygens (including phenoxy) is 1. The number of rotatable bonds is 4. The number of hydrogen-bond acceptors (Lipinski definition) is 4. The Bertz CT molecular complexity index is 766. The van der Waals surface area contributed by atoms with E-state index in [4.69, 9.17) is 4.74 Å². The van der Waals surface area contributed by atoms with Gasteiger partial charge in [-0.1, -0.05) is 12.1 Å². The van der Waals surface area contributed by atoms with Gasteiger partial charge < -0.3 is 25.2 Å². The number of carbonyl (C=O) groups excluding carboxylic acids is 1. The third-order valence-electron chi connectivity index (χ3n) is 5.10. The highest BCUT2D eigenvalue weighted by Gasteiger charge is 2.16. The molecule has 2 fully saturated rings. The molecular formula is C21H26N4O2. The van der Waals surface area contributed by atoms with E-state index in [9.17, 15) is 4.79 Å². The summed E-state index contributed by atoms with van der Waals surface area (Å²) in [7, 11) is 0. The predicted molar refractivity (Wildman–Crippen MR) is 110 cm³/mol. The van der Waals surface area contributed by atoms with Crippen LogP contribution >= 0.6 is 0 Å². The molecule has 2 aliphatic rings. The van der Waals surface area contributed by atoms with Gasteiger partial charge in [0.15, 0.2) is 0 Å². The molecule has 2 aliphatic heterocycles. The lowest BCUT2D eigenvalue weighted by molar-refractivity contribution is 0.123. The molecule has 0 unspecified atom stereocenters. The van der Waals surface area contributed by atoms with Crippen molar-refractivity contribution in [3.63, 3.8) is 0 Å². The van der Waals surface area contributed by atoms with Gasteiger partial charge in [0.1, 0.15) is 0 Å². The Hall–Kier alpha value is -2.73. The predicted octanol–water partition coefficient (Wildman–Crippen LogP) is 3.77. The van der Waals surface area contributed by atoms with E-state index in [1.807, 2.05) is 36.4 Å². The van der Waals surface area contributed by atoms with Gasteiger partial charge in [0.25, 0.3) is 0 Å². The van der Waals surface area contributed by atoms with E-state index in [1.165, 1.54) is 18.5 Å². The molecule has 0 saturated carbocycles. The molecular weight excluding hydrogens is 340 g/mol. The average molecular weight is 366 g/mol. The van der Waals surface area contributed by atoms with Crippen LogP contribution in [0.2, 0.25) is 0 Å². The highest BCUT2D eigenvalue weighted by molar-refractivity contribution is 6.01. The number of nitrogens with one attached hydrogen (secondary N) is 2. The molecule has 0 atom stereocenters. The fourth-order valence-electron chi connectivity index (χ4n) is 3.67. The number of anilines is 4. The van der Waals surface area contributed by atoms with E-state index < -0.39 is 0 Å². The molecule has 2 amide bonds. The van der Waals surface area contributed by atoms with Crippen molar-refractivity contribution in [1.82, 2.24) is 0 Å². The van der Waals surface area contributed by atoms with Crippen LogP contribution in [-0.4, -0.2) is 45.4 Å². The molecule has 2 aromatic carbocycles. The van der Waals surface area contributed by atoms with Crippen LogP contribution in [0.25, 0.3) is 0 Å². The molecule has 6 heteroatoms. The van der Waals surface area contributed by atoms with Gasteiger partial charge in [-0.15, -0.1) is 0 Å². The average Bonchev–Trinajstić information content (AvgIpc) is 3.24. The van der Waals surface area contributed by atoms with Gasteiger partial charge in [-0.2, -0.15) is 0 Å². The number of morpholine rings is 1. The molecule has 4 rings (SSSR count). The maximum Gasteiger partial charge on any atom is 0.323 e. The first-order valence-electron chi connectivity index (χ1n) is 9.64. The summed E-state index contributed by atoms with van der Waals surface area (Å²) in [6.45, 7) is 5.32.